The van der Waals surface area contributed by atoms with Gasteiger partial charge in [-0.2, -0.15) is 4.31 Å². The van der Waals surface area contributed by atoms with Gasteiger partial charge in [0.15, 0.2) is 0 Å². The van der Waals surface area contributed by atoms with Crippen molar-refractivity contribution < 1.29 is 8.42 Å². The molecule has 3 aliphatic rings. The summed E-state index contributed by atoms with van der Waals surface area (Å²) in [6.45, 7) is 3.74. The number of sulfonamides is 1. The summed E-state index contributed by atoms with van der Waals surface area (Å²) in [5.41, 5.74) is 1.39. The third-order valence-corrected chi connectivity index (χ3v) is 6.25. The molecule has 0 spiro atoms. The maximum absolute atomic E-state index is 11.9. The Morgan fingerprint density at radius 3 is 2.59 bits per heavy atom. The molecule has 1 aromatic carbocycles. The minimum absolute atomic E-state index is 0.186. The van der Waals surface area contributed by atoms with Crippen LogP contribution in [-0.4, -0.2) is 56.1 Å². The number of rotatable bonds is 5. The average Bonchev–Trinajstić information content (AvgIpc) is 2.78. The molecule has 3 saturated heterocycles. The predicted molar refractivity (Wildman–Crippen MR) is 89.3 cm³/mol. The first-order chi connectivity index (χ1) is 10.5. The highest BCUT2D eigenvalue weighted by Crippen LogP contribution is 2.29. The fraction of sp³-hybridized carbons (Fsp3) is 0.647. The number of fused-ring (bicyclic) bond motifs is 4. The second-order valence-electron chi connectivity index (χ2n) is 6.78. The highest BCUT2D eigenvalue weighted by Gasteiger charge is 2.38. The maximum atomic E-state index is 11.9. The molecule has 4 nitrogen and oxygen atoms in total. The van der Waals surface area contributed by atoms with Crippen LogP contribution in [-0.2, 0) is 16.4 Å². The molecule has 3 fully saturated rings. The second-order valence-corrected chi connectivity index (χ2v) is 8.71. The van der Waals surface area contributed by atoms with Crippen LogP contribution in [0.3, 0.4) is 0 Å². The molecule has 2 atom stereocenters. The Labute approximate surface area is 134 Å². The van der Waals surface area contributed by atoms with Crippen molar-refractivity contribution >= 4 is 10.0 Å². The second kappa shape index (κ2) is 6.69. The van der Waals surface area contributed by atoms with Crippen molar-refractivity contribution in [2.75, 3.05) is 32.4 Å². The lowest BCUT2D eigenvalue weighted by atomic mass is 9.97. The topological polar surface area (TPSA) is 40.6 Å². The van der Waals surface area contributed by atoms with Gasteiger partial charge in [0.25, 0.3) is 0 Å². The zero-order chi connectivity index (χ0) is 15.6. The molecular formula is C17H26N2O2S. The number of piperidine rings is 1. The van der Waals surface area contributed by atoms with Gasteiger partial charge >= 0.3 is 0 Å². The first kappa shape index (κ1) is 16.0. The SMILES string of the molecule is CS(=O)(=O)N1C[C@H]2CC[C@@H]1CN(CCCc1ccccc1)C2. The zero-order valence-corrected chi connectivity index (χ0v) is 14.1. The summed E-state index contributed by atoms with van der Waals surface area (Å²) in [7, 11) is -3.06. The Hall–Kier alpha value is -0.910. The Bertz CT molecular complexity index is 588. The molecule has 0 amide bonds. The van der Waals surface area contributed by atoms with Crippen LogP contribution < -0.4 is 0 Å². The van der Waals surface area contributed by atoms with Crippen LogP contribution in [0.1, 0.15) is 24.8 Å². The monoisotopic (exact) mass is 322 g/mol. The van der Waals surface area contributed by atoms with Gasteiger partial charge in [0, 0.05) is 25.7 Å². The third kappa shape index (κ3) is 3.89. The molecular weight excluding hydrogens is 296 g/mol. The van der Waals surface area contributed by atoms with Gasteiger partial charge in [-0.1, -0.05) is 30.3 Å². The quantitative estimate of drug-likeness (QED) is 0.832. The van der Waals surface area contributed by atoms with Gasteiger partial charge in [-0.25, -0.2) is 8.42 Å². The average molecular weight is 322 g/mol. The van der Waals surface area contributed by atoms with E-state index in [0.717, 1.165) is 45.4 Å². The summed E-state index contributed by atoms with van der Waals surface area (Å²) >= 11 is 0. The molecule has 4 rings (SSSR count). The van der Waals surface area contributed by atoms with E-state index in [1.807, 2.05) is 0 Å². The Morgan fingerprint density at radius 1 is 1.09 bits per heavy atom. The predicted octanol–water partition coefficient (Wildman–Crippen LogP) is 1.97. The summed E-state index contributed by atoms with van der Waals surface area (Å²) in [5, 5.41) is 0. The van der Waals surface area contributed by atoms with Gasteiger partial charge in [-0.15, -0.1) is 0 Å². The van der Waals surface area contributed by atoms with Crippen LogP contribution in [0.5, 0.6) is 0 Å². The van der Waals surface area contributed by atoms with Crippen LogP contribution in [0.4, 0.5) is 0 Å². The number of aryl methyl sites for hydroxylation is 1. The van der Waals surface area contributed by atoms with E-state index in [0.29, 0.717) is 5.92 Å². The van der Waals surface area contributed by atoms with Crippen molar-refractivity contribution in [1.29, 1.82) is 0 Å². The normalized spacial score (nSPS) is 27.0. The number of hydrogen-bond donors (Lipinski definition) is 0. The van der Waals surface area contributed by atoms with Crippen molar-refractivity contribution in [3.05, 3.63) is 35.9 Å². The van der Waals surface area contributed by atoms with E-state index in [1.165, 1.54) is 18.2 Å². The van der Waals surface area contributed by atoms with Gasteiger partial charge in [0.1, 0.15) is 0 Å². The van der Waals surface area contributed by atoms with Gasteiger partial charge in [0.2, 0.25) is 10.0 Å². The first-order valence-electron chi connectivity index (χ1n) is 8.25. The van der Waals surface area contributed by atoms with Crippen LogP contribution in [0.15, 0.2) is 30.3 Å². The van der Waals surface area contributed by atoms with Crippen molar-refractivity contribution in [1.82, 2.24) is 9.21 Å². The first-order valence-corrected chi connectivity index (χ1v) is 10.1. The lowest BCUT2D eigenvalue weighted by molar-refractivity contribution is 0.228. The smallest absolute Gasteiger partial charge is 0.211 e. The molecule has 2 bridgehead atoms. The van der Waals surface area contributed by atoms with Gasteiger partial charge in [-0.05, 0) is 43.7 Å². The highest BCUT2D eigenvalue weighted by molar-refractivity contribution is 7.88. The van der Waals surface area contributed by atoms with Crippen molar-refractivity contribution in [2.45, 2.75) is 31.7 Å². The molecule has 122 valence electrons. The summed E-state index contributed by atoms with van der Waals surface area (Å²) < 4.78 is 25.6. The van der Waals surface area contributed by atoms with Gasteiger partial charge in [-0.3, -0.25) is 0 Å². The molecule has 0 aliphatic carbocycles. The molecule has 0 N–H and O–H groups in total. The third-order valence-electron chi connectivity index (χ3n) is 4.95. The van der Waals surface area contributed by atoms with Crippen molar-refractivity contribution in [3.63, 3.8) is 0 Å². The molecule has 3 aliphatic heterocycles. The van der Waals surface area contributed by atoms with Crippen LogP contribution in [0.25, 0.3) is 0 Å². The van der Waals surface area contributed by atoms with E-state index in [4.69, 9.17) is 0 Å². The lowest BCUT2D eigenvalue weighted by Gasteiger charge is -2.34. The van der Waals surface area contributed by atoms with E-state index in [9.17, 15) is 8.42 Å². The molecule has 0 saturated carbocycles. The van der Waals surface area contributed by atoms with Crippen molar-refractivity contribution in [3.8, 4) is 0 Å². The van der Waals surface area contributed by atoms with Crippen LogP contribution in [0.2, 0.25) is 0 Å². The fourth-order valence-electron chi connectivity index (χ4n) is 3.88. The summed E-state index contributed by atoms with van der Waals surface area (Å²) in [6, 6.07) is 10.8. The molecule has 0 radical (unpaired) electrons. The highest BCUT2D eigenvalue weighted by atomic mass is 32.2. The van der Waals surface area contributed by atoms with Crippen LogP contribution in [0, 0.1) is 5.92 Å². The molecule has 5 heteroatoms. The standard InChI is InChI=1S/C17H26N2O2S/c1-22(20,21)19-13-16-9-10-17(19)14-18(12-16)11-5-8-15-6-3-2-4-7-15/h2-4,6-7,16-17H,5,8-14H2,1H3/t16-,17+/m0/s1. The van der Waals surface area contributed by atoms with Crippen molar-refractivity contribution in [2.24, 2.45) is 5.92 Å². The minimum Gasteiger partial charge on any atom is -0.301 e. The van der Waals surface area contributed by atoms with E-state index >= 15 is 0 Å². The van der Waals surface area contributed by atoms with Crippen LogP contribution >= 0.6 is 0 Å². The van der Waals surface area contributed by atoms with E-state index in [2.05, 4.69) is 35.2 Å². The Kier molecular flexibility index (Phi) is 4.85. The zero-order valence-electron chi connectivity index (χ0n) is 13.3. The number of nitrogens with zero attached hydrogens (tertiary/aromatic N) is 2. The molecule has 3 heterocycles. The lowest BCUT2D eigenvalue weighted by Crippen LogP contribution is -2.46. The maximum Gasteiger partial charge on any atom is 0.211 e. The summed E-state index contributed by atoms with van der Waals surface area (Å²) in [6.07, 6.45) is 5.79. The Morgan fingerprint density at radius 2 is 1.86 bits per heavy atom. The number of hydrogen-bond acceptors (Lipinski definition) is 3. The van der Waals surface area contributed by atoms with Gasteiger partial charge < -0.3 is 4.90 Å². The molecule has 22 heavy (non-hydrogen) atoms. The number of benzene rings is 1. The largest absolute Gasteiger partial charge is 0.301 e. The fourth-order valence-corrected chi connectivity index (χ4v) is 5.07. The van der Waals surface area contributed by atoms with E-state index < -0.39 is 10.0 Å². The van der Waals surface area contributed by atoms with Gasteiger partial charge in [0.05, 0.1) is 6.26 Å². The summed E-state index contributed by atoms with van der Waals surface area (Å²) in [4.78, 5) is 2.48. The molecule has 1 aromatic rings. The van der Waals surface area contributed by atoms with E-state index in [-0.39, 0.29) is 6.04 Å². The molecule has 0 unspecified atom stereocenters. The molecule has 0 aromatic heterocycles. The minimum atomic E-state index is -3.06. The summed E-state index contributed by atoms with van der Waals surface area (Å²) in [5.74, 6) is 0.505. The van der Waals surface area contributed by atoms with E-state index in [1.54, 1.807) is 4.31 Å². The Balaban J connectivity index is 1.56.